The standard InChI is InChI=1S/C49H83N7O7/c1-17-48(15,27-49(16,18-2)56-38(57)36-33-19-20-34(23-33)37(36)39(56)58)29-54(24-35-25-55(53-52-35)28-43(5,6)30-62-31-46(11,12)40(50)59)42(61)45(9,10)26-44(7,8)41(60)51-47(13,14)21-22-63-32(3)4/h19-20,25,32-34,57-58H,17-18,21-24,26-31H2,1-16H3,(H2,50,59)(H,51,60). The lowest BCUT2D eigenvalue weighted by Crippen LogP contribution is -2.52. The van der Waals surface area contributed by atoms with Crippen LogP contribution in [0.15, 0.2) is 18.3 Å². The number of carbonyl (C=O) groups excluding carboxylic acids is 3. The van der Waals surface area contributed by atoms with Gasteiger partial charge >= 0.3 is 0 Å². The lowest BCUT2D eigenvalue weighted by molar-refractivity contribution is -0.147. The van der Waals surface area contributed by atoms with Crippen LogP contribution in [0.25, 0.3) is 0 Å². The number of amides is 3. The van der Waals surface area contributed by atoms with E-state index in [9.17, 15) is 19.8 Å². The van der Waals surface area contributed by atoms with Crippen molar-refractivity contribution < 1.29 is 34.1 Å². The van der Waals surface area contributed by atoms with Crippen LogP contribution in [0.5, 0.6) is 11.8 Å². The van der Waals surface area contributed by atoms with Crippen LogP contribution in [0.2, 0.25) is 0 Å². The van der Waals surface area contributed by atoms with Gasteiger partial charge in [0, 0.05) is 70.0 Å². The summed E-state index contributed by atoms with van der Waals surface area (Å²) in [7, 11) is 0. The van der Waals surface area contributed by atoms with E-state index in [1.54, 1.807) is 23.1 Å². The molecule has 2 aliphatic carbocycles. The molecule has 0 radical (unpaired) electrons. The molecule has 0 saturated carbocycles. The third kappa shape index (κ3) is 12.3. The molecule has 2 aromatic rings. The van der Waals surface area contributed by atoms with Crippen LogP contribution in [-0.4, -0.2) is 90.4 Å². The Balaban J connectivity index is 1.63. The third-order valence-electron chi connectivity index (χ3n) is 13.7. The second-order valence-electron chi connectivity index (χ2n) is 23.3. The number of carbonyl (C=O) groups is 3. The van der Waals surface area contributed by atoms with Crippen LogP contribution in [0.4, 0.5) is 0 Å². The van der Waals surface area contributed by atoms with Crippen molar-refractivity contribution in [1.82, 2.24) is 29.8 Å². The minimum absolute atomic E-state index is 0.0962. The van der Waals surface area contributed by atoms with E-state index >= 15 is 4.79 Å². The number of rotatable bonds is 25. The van der Waals surface area contributed by atoms with Gasteiger partial charge < -0.3 is 35.6 Å². The van der Waals surface area contributed by atoms with E-state index in [2.05, 4.69) is 69.3 Å². The molecule has 4 rings (SSSR count). The average Bonchev–Trinajstić information content (AvgIpc) is 3.94. The molecular formula is C49H83N7O7. The molecule has 0 fully saturated rings. The van der Waals surface area contributed by atoms with Crippen molar-refractivity contribution in [1.29, 1.82) is 0 Å². The number of allylic oxidation sites excluding steroid dienone is 2. The first-order valence-corrected chi connectivity index (χ1v) is 23.2. The lowest BCUT2D eigenvalue weighted by Gasteiger charge is -2.44. The molecule has 4 atom stereocenters. The van der Waals surface area contributed by atoms with Crippen molar-refractivity contribution in [2.24, 2.45) is 32.8 Å². The van der Waals surface area contributed by atoms with Gasteiger partial charge in [0.05, 0.1) is 37.5 Å². The van der Waals surface area contributed by atoms with Crippen molar-refractivity contribution in [2.45, 2.75) is 191 Å². The molecule has 2 aliphatic rings. The Hall–Kier alpha value is -3.91. The van der Waals surface area contributed by atoms with Crippen molar-refractivity contribution in [3.8, 4) is 11.8 Å². The summed E-state index contributed by atoms with van der Waals surface area (Å²) in [5.74, 6) is -0.196. The van der Waals surface area contributed by atoms with E-state index in [-0.39, 0.29) is 66.5 Å². The molecule has 5 N–H and O–H groups in total. The van der Waals surface area contributed by atoms with E-state index in [0.717, 1.165) is 17.5 Å². The molecule has 2 aromatic heterocycles. The molecule has 14 heteroatoms. The smallest absolute Gasteiger partial charge is 0.228 e. The molecule has 0 saturated heterocycles. The highest BCUT2D eigenvalue weighted by Gasteiger charge is 2.48. The van der Waals surface area contributed by atoms with Gasteiger partial charge in [-0.2, -0.15) is 0 Å². The molecule has 356 valence electrons. The number of aromatic hydroxyl groups is 2. The molecule has 0 aromatic carbocycles. The summed E-state index contributed by atoms with van der Waals surface area (Å²) >= 11 is 0. The number of nitrogens with zero attached hydrogens (tertiary/aromatic N) is 5. The molecule has 14 nitrogen and oxygen atoms in total. The fraction of sp³-hybridized carbons (Fsp3) is 0.776. The molecule has 4 unspecified atom stereocenters. The molecule has 63 heavy (non-hydrogen) atoms. The first-order chi connectivity index (χ1) is 28.8. The zero-order valence-corrected chi connectivity index (χ0v) is 41.7. The van der Waals surface area contributed by atoms with Crippen LogP contribution >= 0.6 is 0 Å². The molecular weight excluding hydrogens is 799 g/mol. The van der Waals surface area contributed by atoms with Crippen molar-refractivity contribution >= 4 is 17.7 Å². The Morgan fingerprint density at radius 2 is 1.46 bits per heavy atom. The van der Waals surface area contributed by atoms with Gasteiger partial charge in [-0.1, -0.05) is 79.7 Å². The van der Waals surface area contributed by atoms with Gasteiger partial charge in [-0.25, -0.2) is 0 Å². The summed E-state index contributed by atoms with van der Waals surface area (Å²) < 4.78 is 15.2. The van der Waals surface area contributed by atoms with E-state index in [0.29, 0.717) is 57.7 Å². The van der Waals surface area contributed by atoms with E-state index in [4.69, 9.17) is 15.2 Å². The molecule has 2 bridgehead atoms. The van der Waals surface area contributed by atoms with E-state index in [1.165, 1.54) is 0 Å². The third-order valence-corrected chi connectivity index (χ3v) is 13.7. The maximum Gasteiger partial charge on any atom is 0.228 e. The zero-order chi connectivity index (χ0) is 47.7. The van der Waals surface area contributed by atoms with Crippen LogP contribution < -0.4 is 11.1 Å². The Morgan fingerprint density at radius 3 is 1.98 bits per heavy atom. The highest BCUT2D eigenvalue weighted by Crippen LogP contribution is 2.59. The maximum absolute atomic E-state index is 15.2. The summed E-state index contributed by atoms with van der Waals surface area (Å²) in [4.78, 5) is 42.9. The van der Waals surface area contributed by atoms with Gasteiger partial charge in [-0.15, -0.1) is 5.10 Å². The fourth-order valence-electron chi connectivity index (χ4n) is 9.79. The molecule has 3 amide bonds. The molecule has 0 spiro atoms. The SMILES string of the molecule is CCC(C)(CN(Cc1cn(CC(C)(C)COCC(C)(C)C(N)=O)nn1)C(=O)C(C)(C)CC(C)(C)C(=O)NC(C)(C)CCOC(C)C)CC(C)(CC)n1c(O)c2c(c1O)C1C=CC2C1. The Morgan fingerprint density at radius 1 is 0.873 bits per heavy atom. The summed E-state index contributed by atoms with van der Waals surface area (Å²) in [5, 5.41) is 35.8. The molecule has 0 aliphatic heterocycles. The number of ether oxygens (including phenoxy) is 2. The topological polar surface area (TPSA) is 187 Å². The number of primary amides is 1. The van der Waals surface area contributed by atoms with Gasteiger partial charge in [0.25, 0.3) is 0 Å². The number of fused-ring (bicyclic) bond motifs is 5. The van der Waals surface area contributed by atoms with Gasteiger partial charge in [0.2, 0.25) is 17.7 Å². The minimum Gasteiger partial charge on any atom is -0.494 e. The van der Waals surface area contributed by atoms with Crippen LogP contribution in [0.1, 0.15) is 178 Å². The van der Waals surface area contributed by atoms with Crippen molar-refractivity contribution in [3.63, 3.8) is 0 Å². The summed E-state index contributed by atoms with van der Waals surface area (Å²) in [6, 6.07) is 0. The second kappa shape index (κ2) is 18.9. The van der Waals surface area contributed by atoms with Crippen LogP contribution in [0, 0.1) is 27.1 Å². The largest absolute Gasteiger partial charge is 0.494 e. The highest BCUT2D eigenvalue weighted by molar-refractivity contribution is 5.86. The number of aromatic nitrogens is 4. The Bertz CT molecular complexity index is 1940. The maximum atomic E-state index is 15.2. The highest BCUT2D eigenvalue weighted by atomic mass is 16.5. The Labute approximate surface area is 378 Å². The fourth-order valence-corrected chi connectivity index (χ4v) is 9.79. The van der Waals surface area contributed by atoms with Crippen LogP contribution in [-0.2, 0) is 42.5 Å². The first-order valence-electron chi connectivity index (χ1n) is 23.2. The van der Waals surface area contributed by atoms with Gasteiger partial charge in [-0.05, 0) is 92.4 Å². The number of nitrogens with two attached hydrogens (primary N) is 1. The lowest BCUT2D eigenvalue weighted by atomic mass is 9.72. The molecule has 2 heterocycles. The van der Waals surface area contributed by atoms with E-state index in [1.807, 2.05) is 66.5 Å². The van der Waals surface area contributed by atoms with Crippen molar-refractivity contribution in [2.75, 3.05) is 26.4 Å². The monoisotopic (exact) mass is 882 g/mol. The number of hydrogen-bond acceptors (Lipinski definition) is 9. The normalized spacial score (nSPS) is 18.7. The second-order valence-corrected chi connectivity index (χ2v) is 23.3. The van der Waals surface area contributed by atoms with Crippen LogP contribution in [0.3, 0.4) is 0 Å². The summed E-state index contributed by atoms with van der Waals surface area (Å²) in [5.41, 5.74) is 3.16. The number of nitrogens with one attached hydrogen (secondary N) is 1. The number of hydrogen-bond donors (Lipinski definition) is 4. The van der Waals surface area contributed by atoms with Crippen molar-refractivity contribution in [3.05, 3.63) is 35.2 Å². The minimum atomic E-state index is -0.966. The quantitative estimate of drug-likeness (QED) is 0.0712. The zero-order valence-electron chi connectivity index (χ0n) is 41.7. The predicted molar refractivity (Wildman–Crippen MR) is 247 cm³/mol. The van der Waals surface area contributed by atoms with Gasteiger partial charge in [0.15, 0.2) is 11.8 Å². The summed E-state index contributed by atoms with van der Waals surface area (Å²) in [6.45, 7) is 33.8. The Kier molecular flexibility index (Phi) is 15.5. The average molecular weight is 882 g/mol. The first kappa shape index (κ1) is 51.7. The van der Waals surface area contributed by atoms with E-state index < -0.39 is 38.6 Å². The predicted octanol–water partition coefficient (Wildman–Crippen LogP) is 8.30. The van der Waals surface area contributed by atoms with Gasteiger partial charge in [-0.3, -0.25) is 23.6 Å². The van der Waals surface area contributed by atoms with Gasteiger partial charge in [0.1, 0.15) is 5.69 Å². The summed E-state index contributed by atoms with van der Waals surface area (Å²) in [6.07, 6.45) is 9.94.